The van der Waals surface area contributed by atoms with Crippen LogP contribution in [0.2, 0.25) is 0 Å². The molecule has 0 saturated heterocycles. The van der Waals surface area contributed by atoms with Crippen LogP contribution in [-0.4, -0.2) is 35.1 Å². The van der Waals surface area contributed by atoms with Gasteiger partial charge in [0.2, 0.25) is 11.7 Å². The van der Waals surface area contributed by atoms with Gasteiger partial charge >= 0.3 is 0 Å². The fraction of sp³-hybridized carbons (Fsp3) is 0.591. The van der Waals surface area contributed by atoms with Crippen LogP contribution >= 0.6 is 0 Å². The van der Waals surface area contributed by atoms with Crippen molar-refractivity contribution in [2.45, 2.75) is 80.8 Å². The van der Waals surface area contributed by atoms with Gasteiger partial charge in [-0.2, -0.15) is 0 Å². The van der Waals surface area contributed by atoms with Crippen molar-refractivity contribution >= 4 is 17.6 Å². The van der Waals surface area contributed by atoms with Crippen molar-refractivity contribution in [3.8, 4) is 0 Å². The number of carbonyl (C=O) groups excluding carboxylic acids is 3. The number of carbonyl (C=O) groups is 3. The number of rotatable bonds is 3. The summed E-state index contributed by atoms with van der Waals surface area (Å²) in [7, 11) is 0. The molecule has 0 unspecified atom stereocenters. The molecule has 1 aliphatic heterocycles. The summed E-state index contributed by atoms with van der Waals surface area (Å²) >= 11 is 0. The number of benzene rings is 1. The van der Waals surface area contributed by atoms with Crippen LogP contribution in [0.5, 0.6) is 0 Å². The lowest BCUT2D eigenvalue weighted by molar-refractivity contribution is -0.148. The number of fused-ring (bicyclic) bond motifs is 1. The molecule has 0 saturated carbocycles. The normalized spacial score (nSPS) is 14.1. The number of nitrogens with one attached hydrogen (secondary N) is 1. The minimum absolute atomic E-state index is 0.0270. The second-order valence-corrected chi connectivity index (χ2v) is 5.57. The SMILES string of the molecule is CC.CC.CC.CC(=O)C(=O)N1CCc2ccccc2[C@H]1C(=O)NC(C)C. The highest BCUT2D eigenvalue weighted by Crippen LogP contribution is 2.30. The monoisotopic (exact) mass is 378 g/mol. The smallest absolute Gasteiger partial charge is 0.290 e. The molecule has 0 aliphatic carbocycles. The van der Waals surface area contributed by atoms with Crippen LogP contribution in [-0.2, 0) is 20.8 Å². The van der Waals surface area contributed by atoms with E-state index in [1.165, 1.54) is 11.8 Å². The highest BCUT2D eigenvalue weighted by atomic mass is 16.2. The first-order valence-corrected chi connectivity index (χ1v) is 10.1. The van der Waals surface area contributed by atoms with E-state index >= 15 is 0 Å². The molecule has 5 heteroatoms. The zero-order valence-electron chi connectivity index (χ0n) is 18.6. The molecule has 0 bridgehead atoms. The average molecular weight is 379 g/mol. The highest BCUT2D eigenvalue weighted by Gasteiger charge is 2.37. The predicted molar refractivity (Wildman–Crippen MR) is 113 cm³/mol. The second kappa shape index (κ2) is 14.9. The van der Waals surface area contributed by atoms with Crippen molar-refractivity contribution in [1.29, 1.82) is 0 Å². The first-order chi connectivity index (χ1) is 12.9. The third-order valence-electron chi connectivity index (χ3n) is 3.52. The summed E-state index contributed by atoms with van der Waals surface area (Å²) in [5.74, 6) is -1.39. The van der Waals surface area contributed by atoms with Gasteiger partial charge in [0.15, 0.2) is 0 Å². The molecule has 1 heterocycles. The Labute approximate surface area is 165 Å². The van der Waals surface area contributed by atoms with E-state index in [1.807, 2.05) is 79.7 Å². The summed E-state index contributed by atoms with van der Waals surface area (Å²) in [5, 5.41) is 2.83. The van der Waals surface area contributed by atoms with Crippen LogP contribution in [0.1, 0.15) is 79.5 Å². The topological polar surface area (TPSA) is 66.5 Å². The summed E-state index contributed by atoms with van der Waals surface area (Å²) in [5.41, 5.74) is 1.85. The number of hydrogen-bond donors (Lipinski definition) is 1. The number of amides is 2. The number of hydrogen-bond acceptors (Lipinski definition) is 3. The maximum Gasteiger partial charge on any atom is 0.290 e. The van der Waals surface area contributed by atoms with E-state index in [2.05, 4.69) is 5.32 Å². The lowest BCUT2D eigenvalue weighted by Gasteiger charge is -2.36. The van der Waals surface area contributed by atoms with Crippen LogP contribution in [0.4, 0.5) is 0 Å². The van der Waals surface area contributed by atoms with Crippen LogP contribution in [0.25, 0.3) is 0 Å². The van der Waals surface area contributed by atoms with Gasteiger partial charge < -0.3 is 10.2 Å². The van der Waals surface area contributed by atoms with Gasteiger partial charge in [-0.05, 0) is 31.4 Å². The molecule has 0 radical (unpaired) electrons. The summed E-state index contributed by atoms with van der Waals surface area (Å²) < 4.78 is 0. The summed E-state index contributed by atoms with van der Waals surface area (Å²) in [6, 6.07) is 6.81. The largest absolute Gasteiger partial charge is 0.352 e. The molecule has 0 spiro atoms. The van der Waals surface area contributed by atoms with Crippen LogP contribution in [0, 0.1) is 0 Å². The second-order valence-electron chi connectivity index (χ2n) is 5.57. The van der Waals surface area contributed by atoms with Gasteiger partial charge in [0, 0.05) is 19.5 Å². The van der Waals surface area contributed by atoms with E-state index < -0.39 is 17.7 Å². The molecule has 1 aliphatic rings. The van der Waals surface area contributed by atoms with Gasteiger partial charge in [-0.1, -0.05) is 65.8 Å². The Morgan fingerprint density at radius 2 is 1.52 bits per heavy atom. The van der Waals surface area contributed by atoms with E-state index in [9.17, 15) is 14.4 Å². The van der Waals surface area contributed by atoms with Gasteiger partial charge in [0.1, 0.15) is 6.04 Å². The van der Waals surface area contributed by atoms with E-state index in [0.717, 1.165) is 11.1 Å². The lowest BCUT2D eigenvalue weighted by Crippen LogP contribution is -2.50. The minimum Gasteiger partial charge on any atom is -0.352 e. The van der Waals surface area contributed by atoms with E-state index in [4.69, 9.17) is 0 Å². The Bertz CT molecular complexity index is 583. The maximum atomic E-state index is 12.5. The Balaban J connectivity index is 0. The molecule has 1 aromatic rings. The van der Waals surface area contributed by atoms with Crippen molar-refractivity contribution in [1.82, 2.24) is 10.2 Å². The summed E-state index contributed by atoms with van der Waals surface area (Å²) in [6.07, 6.45) is 0.653. The van der Waals surface area contributed by atoms with Crippen molar-refractivity contribution in [3.05, 3.63) is 35.4 Å². The molecular formula is C22H38N2O3. The molecule has 0 fully saturated rings. The van der Waals surface area contributed by atoms with E-state index in [-0.39, 0.29) is 11.9 Å². The molecule has 154 valence electrons. The zero-order chi connectivity index (χ0) is 21.6. The Morgan fingerprint density at radius 3 is 2.00 bits per heavy atom. The number of ketones is 1. The van der Waals surface area contributed by atoms with Gasteiger partial charge in [-0.15, -0.1) is 0 Å². The molecule has 5 nitrogen and oxygen atoms in total. The number of nitrogens with zero attached hydrogens (tertiary/aromatic N) is 1. The number of Topliss-reactive ketones (excluding diaryl/α,β-unsaturated/α-hetero) is 1. The maximum absolute atomic E-state index is 12.5. The van der Waals surface area contributed by atoms with Crippen LogP contribution in [0.3, 0.4) is 0 Å². The standard InChI is InChI=1S/C16H20N2O3.3C2H6/c1-10(2)17-15(20)14-13-7-5-4-6-12(13)8-9-18(14)16(21)11(3)19;3*1-2/h4-7,10,14H,8-9H2,1-3H3,(H,17,20);3*1-2H3/t14-;;;/m0.../s1. The molecule has 2 amide bonds. The Hall–Kier alpha value is -2.17. The molecular weight excluding hydrogens is 340 g/mol. The quantitative estimate of drug-likeness (QED) is 0.797. The van der Waals surface area contributed by atoms with Crippen molar-refractivity contribution in [2.24, 2.45) is 0 Å². The van der Waals surface area contributed by atoms with Crippen molar-refractivity contribution in [3.63, 3.8) is 0 Å². The molecule has 1 atom stereocenters. The van der Waals surface area contributed by atoms with Gasteiger partial charge in [-0.3, -0.25) is 14.4 Å². The van der Waals surface area contributed by atoms with Gasteiger partial charge in [0.25, 0.3) is 5.91 Å². The van der Waals surface area contributed by atoms with Crippen molar-refractivity contribution < 1.29 is 14.4 Å². The van der Waals surface area contributed by atoms with Crippen LogP contribution < -0.4 is 5.32 Å². The fourth-order valence-electron chi connectivity index (χ4n) is 2.63. The molecule has 0 aromatic heterocycles. The third kappa shape index (κ3) is 7.94. The first-order valence-electron chi connectivity index (χ1n) is 10.1. The van der Waals surface area contributed by atoms with Crippen LogP contribution in [0.15, 0.2) is 24.3 Å². The average Bonchev–Trinajstić information content (AvgIpc) is 2.70. The molecule has 1 aromatic carbocycles. The summed E-state index contributed by atoms with van der Waals surface area (Å²) in [4.78, 5) is 37.4. The Morgan fingerprint density at radius 1 is 1.00 bits per heavy atom. The predicted octanol–water partition coefficient (Wildman–Crippen LogP) is 4.30. The van der Waals surface area contributed by atoms with E-state index in [0.29, 0.717) is 13.0 Å². The third-order valence-corrected chi connectivity index (χ3v) is 3.52. The fourth-order valence-corrected chi connectivity index (χ4v) is 2.63. The molecule has 1 N–H and O–H groups in total. The molecule has 2 rings (SSSR count). The van der Waals surface area contributed by atoms with Gasteiger partial charge in [-0.25, -0.2) is 0 Å². The Kier molecular flexibility index (Phi) is 15.0. The first kappa shape index (κ1) is 27.1. The summed E-state index contributed by atoms with van der Waals surface area (Å²) in [6.45, 7) is 17.3. The van der Waals surface area contributed by atoms with E-state index in [1.54, 1.807) is 0 Å². The van der Waals surface area contributed by atoms with Gasteiger partial charge in [0.05, 0.1) is 0 Å². The minimum atomic E-state index is -0.728. The lowest BCUT2D eigenvalue weighted by atomic mass is 9.91. The van der Waals surface area contributed by atoms with Crippen molar-refractivity contribution in [2.75, 3.05) is 6.54 Å². The zero-order valence-corrected chi connectivity index (χ0v) is 18.6. The molecule has 27 heavy (non-hydrogen) atoms. The highest BCUT2D eigenvalue weighted by molar-refractivity contribution is 6.35.